The molecule has 0 saturated carbocycles. The maximum absolute atomic E-state index is 5.45. The van der Waals surface area contributed by atoms with E-state index in [0.717, 1.165) is 76.7 Å². The molecular weight excluding hydrogens is 697 g/mol. The van der Waals surface area contributed by atoms with E-state index in [9.17, 15) is 0 Å². The van der Waals surface area contributed by atoms with Gasteiger partial charge in [-0.3, -0.25) is 9.13 Å². The first-order valence-electron chi connectivity index (χ1n) is 19.2. The first kappa shape index (κ1) is 31.5. The van der Waals surface area contributed by atoms with E-state index in [1.54, 1.807) is 0 Å². The van der Waals surface area contributed by atoms with Crippen LogP contribution in [0.2, 0.25) is 0 Å². The number of para-hydroxylation sites is 5. The van der Waals surface area contributed by atoms with Crippen LogP contribution >= 0.6 is 0 Å². The average Bonchev–Trinajstić information content (AvgIpc) is 3.93. The highest BCUT2D eigenvalue weighted by molar-refractivity contribution is 6.26. The molecule has 12 rings (SSSR count). The van der Waals surface area contributed by atoms with E-state index in [2.05, 4.69) is 190 Å². The first-order chi connectivity index (χ1) is 28.3. The number of aromatic nitrogens is 6. The standard InChI is InChI=1S/C51H32N6/c1-3-17-33(18-4-1)35-21-7-12-26-41(35)55-45-30-16-11-25-40(45)47-46(55)32-31-39-38-24-10-15-29-44(38)57(48(39)47)51-53-49(34-19-5-2-6-20-34)52-50(54-51)56-42-27-13-8-22-36(42)37-23-9-14-28-43(37)56/h1-32H. The SMILES string of the molecule is c1ccc(-c2nc(-n3c4ccccc4c4ccccc43)nc(-n3c4ccccc4c4ccc5c(c6ccccc6n5-c5ccccc5-c5ccccc5)c43)n2)cc1. The predicted molar refractivity (Wildman–Crippen MR) is 234 cm³/mol. The third kappa shape index (κ3) is 4.68. The van der Waals surface area contributed by atoms with Gasteiger partial charge < -0.3 is 4.57 Å². The molecule has 0 aliphatic carbocycles. The van der Waals surface area contributed by atoms with Crippen LogP contribution in [0.3, 0.4) is 0 Å². The van der Waals surface area contributed by atoms with E-state index >= 15 is 0 Å². The highest BCUT2D eigenvalue weighted by Gasteiger charge is 2.24. The van der Waals surface area contributed by atoms with Gasteiger partial charge in [-0.25, -0.2) is 0 Å². The van der Waals surface area contributed by atoms with Crippen LogP contribution in [0.15, 0.2) is 194 Å². The summed E-state index contributed by atoms with van der Waals surface area (Å²) < 4.78 is 6.86. The molecule has 57 heavy (non-hydrogen) atoms. The van der Waals surface area contributed by atoms with Crippen molar-refractivity contribution in [3.8, 4) is 40.1 Å². The van der Waals surface area contributed by atoms with Crippen LogP contribution < -0.4 is 0 Å². The van der Waals surface area contributed by atoms with Crippen molar-refractivity contribution in [1.29, 1.82) is 0 Å². The minimum atomic E-state index is 0.556. The molecule has 6 nitrogen and oxygen atoms in total. The quantitative estimate of drug-likeness (QED) is 0.177. The number of fused-ring (bicyclic) bond motifs is 10. The van der Waals surface area contributed by atoms with E-state index in [1.807, 2.05) is 18.2 Å². The number of nitrogens with zero attached hydrogens (tertiary/aromatic N) is 6. The lowest BCUT2D eigenvalue weighted by molar-refractivity contribution is 0.894. The Morgan fingerprint density at radius 1 is 0.298 bits per heavy atom. The van der Waals surface area contributed by atoms with Crippen LogP contribution in [-0.2, 0) is 0 Å². The number of hydrogen-bond donors (Lipinski definition) is 0. The van der Waals surface area contributed by atoms with Crippen LogP contribution in [0.5, 0.6) is 0 Å². The molecule has 8 aromatic carbocycles. The zero-order valence-corrected chi connectivity index (χ0v) is 30.7. The lowest BCUT2D eigenvalue weighted by Crippen LogP contribution is -2.10. The van der Waals surface area contributed by atoms with E-state index in [-0.39, 0.29) is 0 Å². The topological polar surface area (TPSA) is 53.5 Å². The lowest BCUT2D eigenvalue weighted by atomic mass is 10.0. The molecule has 0 aliphatic rings. The number of benzene rings is 8. The summed E-state index contributed by atoms with van der Waals surface area (Å²) in [6.45, 7) is 0. The van der Waals surface area contributed by atoms with Crippen molar-refractivity contribution >= 4 is 65.4 Å². The Morgan fingerprint density at radius 2 is 0.772 bits per heavy atom. The van der Waals surface area contributed by atoms with Crippen molar-refractivity contribution < 1.29 is 0 Å². The monoisotopic (exact) mass is 728 g/mol. The molecule has 0 radical (unpaired) electrons. The van der Waals surface area contributed by atoms with Crippen molar-refractivity contribution in [2.75, 3.05) is 0 Å². The minimum absolute atomic E-state index is 0.556. The summed E-state index contributed by atoms with van der Waals surface area (Å²) in [6.07, 6.45) is 0. The zero-order chi connectivity index (χ0) is 37.5. The fourth-order valence-electron chi connectivity index (χ4n) is 8.91. The highest BCUT2D eigenvalue weighted by Crippen LogP contribution is 2.43. The minimum Gasteiger partial charge on any atom is -0.309 e. The lowest BCUT2D eigenvalue weighted by Gasteiger charge is -2.14. The fraction of sp³-hybridized carbons (Fsp3) is 0. The van der Waals surface area contributed by atoms with E-state index in [1.165, 1.54) is 11.1 Å². The summed E-state index contributed by atoms with van der Waals surface area (Å²) in [5, 5.41) is 6.87. The van der Waals surface area contributed by atoms with Gasteiger partial charge in [0.05, 0.1) is 38.8 Å². The molecular formula is C51H32N6. The maximum Gasteiger partial charge on any atom is 0.240 e. The van der Waals surface area contributed by atoms with Gasteiger partial charge in [0.2, 0.25) is 11.9 Å². The molecule has 266 valence electrons. The Labute approximate surface area is 327 Å². The van der Waals surface area contributed by atoms with Crippen molar-refractivity contribution in [2.45, 2.75) is 0 Å². The third-order valence-electron chi connectivity index (χ3n) is 11.3. The molecule has 0 saturated heterocycles. The highest BCUT2D eigenvalue weighted by atomic mass is 15.3. The average molecular weight is 729 g/mol. The van der Waals surface area contributed by atoms with Gasteiger partial charge in [0.25, 0.3) is 0 Å². The summed E-state index contributed by atoms with van der Waals surface area (Å²) in [5.74, 6) is 1.73. The van der Waals surface area contributed by atoms with Gasteiger partial charge in [0, 0.05) is 43.4 Å². The molecule has 0 unspecified atom stereocenters. The molecule has 0 fully saturated rings. The van der Waals surface area contributed by atoms with Gasteiger partial charge in [-0.2, -0.15) is 15.0 Å². The van der Waals surface area contributed by atoms with Crippen LogP contribution in [-0.4, -0.2) is 28.7 Å². The largest absolute Gasteiger partial charge is 0.309 e. The zero-order valence-electron chi connectivity index (χ0n) is 30.7. The molecule has 0 amide bonds. The van der Waals surface area contributed by atoms with Gasteiger partial charge >= 0.3 is 0 Å². The van der Waals surface area contributed by atoms with Gasteiger partial charge in [-0.15, -0.1) is 0 Å². The molecule has 4 heterocycles. The Bertz CT molecular complexity index is 3470. The summed E-state index contributed by atoms with van der Waals surface area (Å²) in [6, 6.07) is 68.4. The summed E-state index contributed by atoms with van der Waals surface area (Å²) in [7, 11) is 0. The Hall–Kier alpha value is -7.83. The smallest absolute Gasteiger partial charge is 0.240 e. The molecule has 6 heteroatoms. The maximum atomic E-state index is 5.45. The van der Waals surface area contributed by atoms with E-state index in [4.69, 9.17) is 15.0 Å². The predicted octanol–water partition coefficient (Wildman–Crippen LogP) is 12.5. The van der Waals surface area contributed by atoms with Gasteiger partial charge in [0.15, 0.2) is 5.82 Å². The third-order valence-corrected chi connectivity index (χ3v) is 11.3. The van der Waals surface area contributed by atoms with Crippen LogP contribution in [0.1, 0.15) is 0 Å². The second-order valence-corrected chi connectivity index (χ2v) is 14.4. The van der Waals surface area contributed by atoms with Crippen LogP contribution in [0.4, 0.5) is 0 Å². The summed E-state index contributed by atoms with van der Waals surface area (Å²) in [4.78, 5) is 16.0. The molecule has 0 N–H and O–H groups in total. The molecule has 0 atom stereocenters. The molecule has 0 spiro atoms. The number of rotatable bonds is 5. The van der Waals surface area contributed by atoms with Gasteiger partial charge in [-0.05, 0) is 42.0 Å². The molecule has 0 bridgehead atoms. The Kier molecular flexibility index (Phi) is 6.83. The second-order valence-electron chi connectivity index (χ2n) is 14.4. The van der Waals surface area contributed by atoms with Crippen LogP contribution in [0.25, 0.3) is 106 Å². The van der Waals surface area contributed by atoms with Crippen molar-refractivity contribution in [3.63, 3.8) is 0 Å². The Morgan fingerprint density at radius 3 is 1.42 bits per heavy atom. The van der Waals surface area contributed by atoms with Gasteiger partial charge in [-0.1, -0.05) is 158 Å². The van der Waals surface area contributed by atoms with Gasteiger partial charge in [0.1, 0.15) is 0 Å². The van der Waals surface area contributed by atoms with Crippen molar-refractivity contribution in [1.82, 2.24) is 28.7 Å². The number of hydrogen-bond acceptors (Lipinski definition) is 3. The van der Waals surface area contributed by atoms with Crippen molar-refractivity contribution in [2.24, 2.45) is 0 Å². The first-order valence-corrected chi connectivity index (χ1v) is 19.2. The Balaban J connectivity index is 1.23. The van der Waals surface area contributed by atoms with Crippen molar-refractivity contribution in [3.05, 3.63) is 194 Å². The fourth-order valence-corrected chi connectivity index (χ4v) is 8.91. The summed E-state index contributed by atoms with van der Waals surface area (Å²) >= 11 is 0. The molecule has 4 aromatic heterocycles. The summed E-state index contributed by atoms with van der Waals surface area (Å²) in [5.41, 5.74) is 10.8. The van der Waals surface area contributed by atoms with E-state index in [0.29, 0.717) is 17.7 Å². The van der Waals surface area contributed by atoms with Crippen LogP contribution in [0, 0.1) is 0 Å². The second kappa shape index (κ2) is 12.3. The van der Waals surface area contributed by atoms with E-state index < -0.39 is 0 Å². The molecule has 0 aliphatic heterocycles. The molecule has 12 aromatic rings. The normalized spacial score (nSPS) is 11.9.